The molecule has 1 heterocycles. The molecule has 2 nitrogen and oxygen atoms in total. The second-order valence-corrected chi connectivity index (χ2v) is 5.20. The zero-order valence-corrected chi connectivity index (χ0v) is 12.0. The van der Waals surface area contributed by atoms with Crippen LogP contribution in [-0.2, 0) is 6.42 Å². The van der Waals surface area contributed by atoms with Crippen molar-refractivity contribution in [1.82, 2.24) is 9.55 Å². The summed E-state index contributed by atoms with van der Waals surface area (Å²) in [5.74, 6) is 0.812. The van der Waals surface area contributed by atoms with Gasteiger partial charge >= 0.3 is 0 Å². The molecule has 0 aliphatic heterocycles. The molecule has 3 rings (SSSR count). The molecule has 0 bridgehead atoms. The summed E-state index contributed by atoms with van der Waals surface area (Å²) in [5.41, 5.74) is 1.92. The van der Waals surface area contributed by atoms with E-state index in [0.717, 1.165) is 11.5 Å². The van der Waals surface area contributed by atoms with Crippen LogP contribution in [0.1, 0.15) is 5.82 Å². The minimum absolute atomic E-state index is 0.334. The molecule has 5 heteroatoms. The van der Waals surface area contributed by atoms with Crippen LogP contribution in [0.25, 0.3) is 16.7 Å². The molecular formula is C15H11Cl2FN2. The Balaban J connectivity index is 2.32. The van der Waals surface area contributed by atoms with Crippen molar-refractivity contribution >= 4 is 34.2 Å². The molecule has 0 N–H and O–H groups in total. The largest absolute Gasteiger partial charge is 0.296 e. The number of aromatic nitrogens is 2. The Morgan fingerprint density at radius 3 is 2.70 bits per heavy atom. The summed E-state index contributed by atoms with van der Waals surface area (Å²) in [6, 6.07) is 12.3. The molecule has 0 aliphatic carbocycles. The molecule has 1 aromatic heterocycles. The Morgan fingerprint density at radius 2 is 1.95 bits per heavy atom. The van der Waals surface area contributed by atoms with E-state index in [4.69, 9.17) is 23.2 Å². The van der Waals surface area contributed by atoms with Gasteiger partial charge in [-0.3, -0.25) is 4.57 Å². The van der Waals surface area contributed by atoms with Gasteiger partial charge in [-0.15, -0.1) is 11.6 Å². The number of alkyl halides is 1. The molecule has 102 valence electrons. The summed E-state index contributed by atoms with van der Waals surface area (Å²) in [5, 5.41) is 0.623. The molecule has 0 spiro atoms. The fourth-order valence-electron chi connectivity index (χ4n) is 2.27. The first-order valence-electron chi connectivity index (χ1n) is 6.18. The van der Waals surface area contributed by atoms with Crippen molar-refractivity contribution in [1.29, 1.82) is 0 Å². The molecule has 0 unspecified atom stereocenters. The highest BCUT2D eigenvalue weighted by Crippen LogP contribution is 2.25. The number of para-hydroxylation sites is 1. The van der Waals surface area contributed by atoms with E-state index in [-0.39, 0.29) is 5.82 Å². The number of imidazole rings is 1. The van der Waals surface area contributed by atoms with Crippen molar-refractivity contribution in [2.75, 3.05) is 5.88 Å². The summed E-state index contributed by atoms with van der Waals surface area (Å²) in [6.07, 6.45) is 0.558. The molecule has 0 fully saturated rings. The monoisotopic (exact) mass is 308 g/mol. The molecule has 3 aromatic rings. The maximum absolute atomic E-state index is 13.9. The van der Waals surface area contributed by atoms with Crippen molar-refractivity contribution < 1.29 is 4.39 Å². The highest BCUT2D eigenvalue weighted by Gasteiger charge is 2.14. The van der Waals surface area contributed by atoms with Crippen LogP contribution in [0.5, 0.6) is 0 Å². The topological polar surface area (TPSA) is 17.8 Å². The van der Waals surface area contributed by atoms with Crippen molar-refractivity contribution in [2.24, 2.45) is 0 Å². The normalized spacial score (nSPS) is 11.2. The number of hydrogen-bond donors (Lipinski definition) is 0. The summed E-state index contributed by atoms with van der Waals surface area (Å²) in [4.78, 5) is 4.37. The smallest absolute Gasteiger partial charge is 0.151 e. The molecule has 2 aromatic carbocycles. The molecule has 0 amide bonds. The van der Waals surface area contributed by atoms with Crippen molar-refractivity contribution in [3.63, 3.8) is 0 Å². The highest BCUT2D eigenvalue weighted by atomic mass is 35.5. The lowest BCUT2D eigenvalue weighted by Crippen LogP contribution is -2.02. The van der Waals surface area contributed by atoms with Crippen LogP contribution in [0.15, 0.2) is 42.5 Å². The average Bonchev–Trinajstić information content (AvgIpc) is 2.79. The van der Waals surface area contributed by atoms with Crippen LogP contribution < -0.4 is 0 Å². The van der Waals surface area contributed by atoms with Gasteiger partial charge < -0.3 is 0 Å². The molecular weight excluding hydrogens is 298 g/mol. The minimum Gasteiger partial charge on any atom is -0.296 e. The number of halogens is 3. The van der Waals surface area contributed by atoms with Crippen LogP contribution in [0.2, 0.25) is 5.02 Å². The first-order valence-corrected chi connectivity index (χ1v) is 7.09. The summed E-state index contributed by atoms with van der Waals surface area (Å²) >= 11 is 11.9. The van der Waals surface area contributed by atoms with E-state index in [2.05, 4.69) is 4.98 Å². The van der Waals surface area contributed by atoms with Crippen LogP contribution in [-0.4, -0.2) is 15.4 Å². The van der Waals surface area contributed by atoms with Crippen molar-refractivity contribution in [2.45, 2.75) is 6.42 Å². The van der Waals surface area contributed by atoms with Crippen LogP contribution in [0.3, 0.4) is 0 Å². The van der Waals surface area contributed by atoms with E-state index in [1.807, 2.05) is 28.8 Å². The third kappa shape index (κ3) is 2.28. The minimum atomic E-state index is -0.334. The first kappa shape index (κ1) is 13.4. The Labute approximate surface area is 125 Å². The molecule has 0 radical (unpaired) electrons. The number of fused-ring (bicyclic) bond motifs is 1. The van der Waals surface area contributed by atoms with Gasteiger partial charge in [0.1, 0.15) is 11.3 Å². The van der Waals surface area contributed by atoms with Crippen molar-refractivity contribution in [3.8, 4) is 5.69 Å². The Morgan fingerprint density at radius 1 is 1.15 bits per heavy atom. The molecule has 0 aliphatic rings. The maximum Gasteiger partial charge on any atom is 0.151 e. The van der Waals surface area contributed by atoms with E-state index in [0.29, 0.717) is 28.4 Å². The van der Waals surface area contributed by atoms with Crippen LogP contribution in [0.4, 0.5) is 4.39 Å². The van der Waals surface area contributed by atoms with Gasteiger partial charge in [0.05, 0.1) is 5.52 Å². The number of nitrogens with zero attached hydrogens (tertiary/aromatic N) is 2. The third-order valence-corrected chi connectivity index (χ3v) is 3.51. The van der Waals surface area contributed by atoms with E-state index in [1.165, 1.54) is 6.07 Å². The fraction of sp³-hybridized carbons (Fsp3) is 0.133. The summed E-state index contributed by atoms with van der Waals surface area (Å²) < 4.78 is 15.8. The SMILES string of the molecule is Fc1cccc2c1nc(CCCl)n2-c1cccc(Cl)c1. The number of hydrogen-bond acceptors (Lipinski definition) is 1. The van der Waals surface area contributed by atoms with Gasteiger partial charge in [-0.2, -0.15) is 0 Å². The van der Waals surface area contributed by atoms with E-state index in [9.17, 15) is 4.39 Å². The Hall–Kier alpha value is -1.58. The van der Waals surface area contributed by atoms with Gasteiger partial charge in [-0.1, -0.05) is 23.7 Å². The molecule has 0 atom stereocenters. The zero-order valence-electron chi connectivity index (χ0n) is 10.5. The number of benzene rings is 2. The zero-order chi connectivity index (χ0) is 14.1. The molecule has 0 saturated carbocycles. The lowest BCUT2D eigenvalue weighted by Gasteiger charge is -2.08. The maximum atomic E-state index is 13.9. The van der Waals surface area contributed by atoms with Gasteiger partial charge in [0, 0.05) is 23.0 Å². The summed E-state index contributed by atoms with van der Waals surface area (Å²) in [6.45, 7) is 0. The predicted octanol–water partition coefficient (Wildman–Crippen LogP) is 4.60. The Kier molecular flexibility index (Phi) is 3.64. The van der Waals surface area contributed by atoms with Gasteiger partial charge in [-0.25, -0.2) is 9.37 Å². The fourth-order valence-corrected chi connectivity index (χ4v) is 2.62. The second-order valence-electron chi connectivity index (χ2n) is 4.39. The van der Waals surface area contributed by atoms with Crippen LogP contribution in [0, 0.1) is 5.82 Å². The van der Waals surface area contributed by atoms with E-state index < -0.39 is 0 Å². The van der Waals surface area contributed by atoms with E-state index >= 15 is 0 Å². The van der Waals surface area contributed by atoms with Gasteiger partial charge in [-0.05, 0) is 30.3 Å². The van der Waals surface area contributed by atoms with Crippen LogP contribution >= 0.6 is 23.2 Å². The third-order valence-electron chi connectivity index (χ3n) is 3.09. The van der Waals surface area contributed by atoms with Gasteiger partial charge in [0.15, 0.2) is 5.82 Å². The summed E-state index contributed by atoms with van der Waals surface area (Å²) in [7, 11) is 0. The van der Waals surface area contributed by atoms with Crippen molar-refractivity contribution in [3.05, 3.63) is 59.1 Å². The Bertz CT molecular complexity index is 768. The average molecular weight is 309 g/mol. The quantitative estimate of drug-likeness (QED) is 0.647. The lowest BCUT2D eigenvalue weighted by atomic mass is 10.2. The lowest BCUT2D eigenvalue weighted by molar-refractivity contribution is 0.637. The number of rotatable bonds is 3. The van der Waals surface area contributed by atoms with E-state index in [1.54, 1.807) is 12.1 Å². The highest BCUT2D eigenvalue weighted by molar-refractivity contribution is 6.30. The van der Waals surface area contributed by atoms with Gasteiger partial charge in [0.25, 0.3) is 0 Å². The predicted molar refractivity (Wildman–Crippen MR) is 80.5 cm³/mol. The first-order chi connectivity index (χ1) is 9.70. The number of aryl methyl sites for hydroxylation is 1. The molecule has 0 saturated heterocycles. The van der Waals surface area contributed by atoms with Gasteiger partial charge in [0.2, 0.25) is 0 Å². The second kappa shape index (κ2) is 5.43. The molecule has 20 heavy (non-hydrogen) atoms. The standard InChI is InChI=1S/C15H11Cl2FN2/c16-8-7-14-19-15-12(18)5-2-6-13(15)20(14)11-4-1-3-10(17)9-11/h1-6,9H,7-8H2.